The number of hydrogen-bond acceptors (Lipinski definition) is 5. The molecule has 2 aromatic heterocycles. The molecule has 7 nitrogen and oxygen atoms in total. The van der Waals surface area contributed by atoms with E-state index < -0.39 is 0 Å². The first kappa shape index (κ1) is 14.5. The number of piperazine rings is 1. The van der Waals surface area contributed by atoms with E-state index in [9.17, 15) is 4.79 Å². The van der Waals surface area contributed by atoms with E-state index in [2.05, 4.69) is 30.3 Å². The summed E-state index contributed by atoms with van der Waals surface area (Å²) in [5.41, 5.74) is 0.713. The van der Waals surface area contributed by atoms with Gasteiger partial charge in [-0.2, -0.15) is 5.10 Å². The Morgan fingerprint density at radius 2 is 2.14 bits per heavy atom. The fraction of sp³-hybridized carbons (Fsp3) is 0.400. The van der Waals surface area contributed by atoms with Gasteiger partial charge in [-0.15, -0.1) is 0 Å². The smallest absolute Gasteiger partial charge is 0.225 e. The standard InChI is InChI=1S/C15H20N6O/c22-15(19-13-11-17-18-12-13)4-6-20-7-9-21(10-8-20)14-3-1-2-5-16-14/h1-3,5,11-12H,4,6-10H2,(H,17,18)(H,19,22). The monoisotopic (exact) mass is 300 g/mol. The maximum Gasteiger partial charge on any atom is 0.225 e. The molecule has 22 heavy (non-hydrogen) atoms. The molecular formula is C15H20N6O. The number of H-pyrrole nitrogens is 1. The first-order valence-electron chi connectivity index (χ1n) is 7.48. The lowest BCUT2D eigenvalue weighted by Gasteiger charge is -2.35. The Balaban J connectivity index is 1.40. The van der Waals surface area contributed by atoms with Crippen LogP contribution < -0.4 is 10.2 Å². The predicted octanol–water partition coefficient (Wildman–Crippen LogP) is 0.955. The quantitative estimate of drug-likeness (QED) is 0.860. The van der Waals surface area contributed by atoms with Crippen LogP contribution in [0.15, 0.2) is 36.8 Å². The van der Waals surface area contributed by atoms with Crippen LogP contribution in [0.3, 0.4) is 0 Å². The van der Waals surface area contributed by atoms with Crippen molar-refractivity contribution in [1.82, 2.24) is 20.1 Å². The highest BCUT2D eigenvalue weighted by molar-refractivity contribution is 5.90. The van der Waals surface area contributed by atoms with Crippen LogP contribution in [-0.2, 0) is 4.79 Å². The number of nitrogens with one attached hydrogen (secondary N) is 2. The molecule has 1 aliphatic rings. The third-order valence-corrected chi connectivity index (χ3v) is 3.78. The molecule has 0 spiro atoms. The molecule has 0 saturated carbocycles. The Morgan fingerprint density at radius 1 is 1.27 bits per heavy atom. The Labute approximate surface area is 129 Å². The van der Waals surface area contributed by atoms with Crippen LogP contribution in [0.2, 0.25) is 0 Å². The van der Waals surface area contributed by atoms with Gasteiger partial charge in [0.2, 0.25) is 5.91 Å². The first-order valence-corrected chi connectivity index (χ1v) is 7.48. The van der Waals surface area contributed by atoms with Crippen LogP contribution in [0.5, 0.6) is 0 Å². The zero-order valence-corrected chi connectivity index (χ0v) is 12.4. The van der Waals surface area contributed by atoms with Gasteiger partial charge in [-0.25, -0.2) is 4.98 Å². The fourth-order valence-electron chi connectivity index (χ4n) is 2.54. The number of amides is 1. The van der Waals surface area contributed by atoms with Crippen molar-refractivity contribution in [1.29, 1.82) is 0 Å². The Bertz CT molecular complexity index is 577. The second kappa shape index (κ2) is 7.04. The van der Waals surface area contributed by atoms with Crippen molar-refractivity contribution >= 4 is 17.4 Å². The molecular weight excluding hydrogens is 280 g/mol. The van der Waals surface area contributed by atoms with Crippen molar-refractivity contribution < 1.29 is 4.79 Å². The number of carbonyl (C=O) groups excluding carboxylic acids is 1. The van der Waals surface area contributed by atoms with E-state index in [4.69, 9.17) is 0 Å². The summed E-state index contributed by atoms with van der Waals surface area (Å²) in [5, 5.41) is 9.29. The zero-order valence-electron chi connectivity index (χ0n) is 12.4. The largest absolute Gasteiger partial charge is 0.354 e. The maximum absolute atomic E-state index is 11.8. The second-order valence-electron chi connectivity index (χ2n) is 5.30. The summed E-state index contributed by atoms with van der Waals surface area (Å²) in [6.07, 6.45) is 5.59. The van der Waals surface area contributed by atoms with Crippen molar-refractivity contribution in [3.63, 3.8) is 0 Å². The highest BCUT2D eigenvalue weighted by Crippen LogP contribution is 2.12. The number of nitrogens with zero attached hydrogens (tertiary/aromatic N) is 4. The molecule has 0 atom stereocenters. The van der Waals surface area contributed by atoms with Crippen LogP contribution in [0.4, 0.5) is 11.5 Å². The Morgan fingerprint density at radius 3 is 2.82 bits per heavy atom. The second-order valence-corrected chi connectivity index (χ2v) is 5.30. The molecule has 0 aromatic carbocycles. The van der Waals surface area contributed by atoms with Crippen LogP contribution >= 0.6 is 0 Å². The third kappa shape index (κ3) is 3.82. The van der Waals surface area contributed by atoms with Gasteiger partial charge in [0.25, 0.3) is 0 Å². The summed E-state index contributed by atoms with van der Waals surface area (Å²) in [7, 11) is 0. The van der Waals surface area contributed by atoms with Gasteiger partial charge in [0.1, 0.15) is 5.82 Å². The van der Waals surface area contributed by atoms with Gasteiger partial charge in [-0.3, -0.25) is 14.8 Å². The van der Waals surface area contributed by atoms with Crippen LogP contribution in [-0.4, -0.2) is 58.7 Å². The summed E-state index contributed by atoms with van der Waals surface area (Å²) in [5.74, 6) is 1.05. The lowest BCUT2D eigenvalue weighted by molar-refractivity contribution is -0.116. The molecule has 2 aromatic rings. The highest BCUT2D eigenvalue weighted by Gasteiger charge is 2.18. The summed E-state index contributed by atoms with van der Waals surface area (Å²) < 4.78 is 0. The van der Waals surface area contributed by atoms with Crippen LogP contribution in [0, 0.1) is 0 Å². The SMILES string of the molecule is O=C(CCN1CCN(c2ccccn2)CC1)Nc1cn[nH]c1. The minimum absolute atomic E-state index is 0.0218. The van der Waals surface area contributed by atoms with Crippen molar-refractivity contribution in [2.24, 2.45) is 0 Å². The lowest BCUT2D eigenvalue weighted by Crippen LogP contribution is -2.47. The summed E-state index contributed by atoms with van der Waals surface area (Å²) in [6, 6.07) is 5.97. The molecule has 1 aliphatic heterocycles. The molecule has 0 bridgehead atoms. The van der Waals surface area contributed by atoms with E-state index in [1.807, 2.05) is 24.4 Å². The zero-order chi connectivity index (χ0) is 15.2. The molecule has 0 unspecified atom stereocenters. The van der Waals surface area contributed by atoms with E-state index in [0.717, 1.165) is 38.5 Å². The maximum atomic E-state index is 11.8. The average molecular weight is 300 g/mol. The molecule has 0 radical (unpaired) electrons. The van der Waals surface area contributed by atoms with Gasteiger partial charge in [-0.1, -0.05) is 6.07 Å². The minimum Gasteiger partial charge on any atom is -0.354 e. The summed E-state index contributed by atoms with van der Waals surface area (Å²) in [4.78, 5) is 20.8. The van der Waals surface area contributed by atoms with E-state index >= 15 is 0 Å². The van der Waals surface area contributed by atoms with E-state index in [1.54, 1.807) is 12.4 Å². The minimum atomic E-state index is 0.0218. The third-order valence-electron chi connectivity index (χ3n) is 3.78. The first-order chi connectivity index (χ1) is 10.8. The molecule has 3 heterocycles. The lowest BCUT2D eigenvalue weighted by atomic mass is 10.2. The van der Waals surface area contributed by atoms with Crippen molar-refractivity contribution in [2.45, 2.75) is 6.42 Å². The number of anilines is 2. The van der Waals surface area contributed by atoms with Gasteiger partial charge in [0.05, 0.1) is 11.9 Å². The van der Waals surface area contributed by atoms with E-state index in [0.29, 0.717) is 12.1 Å². The van der Waals surface area contributed by atoms with Gasteiger partial charge >= 0.3 is 0 Å². The highest BCUT2D eigenvalue weighted by atomic mass is 16.1. The van der Waals surface area contributed by atoms with Crippen molar-refractivity contribution in [3.8, 4) is 0 Å². The molecule has 1 amide bonds. The van der Waals surface area contributed by atoms with Crippen LogP contribution in [0.1, 0.15) is 6.42 Å². The van der Waals surface area contributed by atoms with Gasteiger partial charge < -0.3 is 10.2 Å². The normalized spacial score (nSPS) is 15.7. The average Bonchev–Trinajstić information content (AvgIpc) is 3.07. The van der Waals surface area contributed by atoms with E-state index in [-0.39, 0.29) is 5.91 Å². The topological polar surface area (TPSA) is 77.2 Å². The van der Waals surface area contributed by atoms with Crippen molar-refractivity contribution in [2.75, 3.05) is 42.9 Å². The number of hydrogen-bond donors (Lipinski definition) is 2. The Hall–Kier alpha value is -2.41. The Kier molecular flexibility index (Phi) is 4.65. The molecule has 1 fully saturated rings. The summed E-state index contributed by atoms with van der Waals surface area (Å²) in [6.45, 7) is 4.57. The molecule has 2 N–H and O–H groups in total. The number of rotatable bonds is 5. The molecule has 116 valence electrons. The molecule has 1 saturated heterocycles. The van der Waals surface area contributed by atoms with Gasteiger partial charge in [-0.05, 0) is 12.1 Å². The summed E-state index contributed by atoms with van der Waals surface area (Å²) >= 11 is 0. The fourth-order valence-corrected chi connectivity index (χ4v) is 2.54. The van der Waals surface area contributed by atoms with Gasteiger partial charge in [0, 0.05) is 51.5 Å². The van der Waals surface area contributed by atoms with Crippen LogP contribution in [0.25, 0.3) is 0 Å². The molecule has 7 heteroatoms. The number of aromatic amines is 1. The number of aromatic nitrogens is 3. The molecule has 3 rings (SSSR count). The number of pyridine rings is 1. The van der Waals surface area contributed by atoms with Gasteiger partial charge in [0.15, 0.2) is 0 Å². The van der Waals surface area contributed by atoms with Crippen molar-refractivity contribution in [3.05, 3.63) is 36.8 Å². The predicted molar refractivity (Wildman–Crippen MR) is 84.7 cm³/mol. The molecule has 0 aliphatic carbocycles. The number of carbonyl (C=O) groups is 1. The van der Waals surface area contributed by atoms with E-state index in [1.165, 1.54) is 0 Å².